The van der Waals surface area contributed by atoms with Crippen LogP contribution in [-0.2, 0) is 11.0 Å². The molecule has 0 aromatic heterocycles. The molecule has 1 unspecified atom stereocenters. The van der Waals surface area contributed by atoms with Gasteiger partial charge in [0.2, 0.25) is 5.91 Å². The highest BCUT2D eigenvalue weighted by Crippen LogP contribution is 2.36. The van der Waals surface area contributed by atoms with Gasteiger partial charge < -0.3 is 16.8 Å². The van der Waals surface area contributed by atoms with Gasteiger partial charge in [0.15, 0.2) is 0 Å². The first-order valence-electron chi connectivity index (χ1n) is 5.21. The molecule has 0 aliphatic rings. The van der Waals surface area contributed by atoms with E-state index >= 15 is 0 Å². The SMILES string of the molecule is CC(CC(N)=O)Nc1ccc(N)cc1C(F)(F)F. The van der Waals surface area contributed by atoms with Gasteiger partial charge >= 0.3 is 6.18 Å². The van der Waals surface area contributed by atoms with Crippen molar-refractivity contribution in [1.29, 1.82) is 0 Å². The van der Waals surface area contributed by atoms with Crippen molar-refractivity contribution in [3.05, 3.63) is 23.8 Å². The fraction of sp³-hybridized carbons (Fsp3) is 0.364. The van der Waals surface area contributed by atoms with E-state index in [1.807, 2.05) is 0 Å². The summed E-state index contributed by atoms with van der Waals surface area (Å²) in [6, 6.07) is 2.94. The molecule has 100 valence electrons. The van der Waals surface area contributed by atoms with Crippen LogP contribution >= 0.6 is 0 Å². The van der Waals surface area contributed by atoms with Crippen LogP contribution < -0.4 is 16.8 Å². The largest absolute Gasteiger partial charge is 0.418 e. The van der Waals surface area contributed by atoms with E-state index in [0.717, 1.165) is 6.07 Å². The zero-order valence-corrected chi connectivity index (χ0v) is 9.71. The van der Waals surface area contributed by atoms with Crippen LogP contribution in [-0.4, -0.2) is 11.9 Å². The summed E-state index contributed by atoms with van der Waals surface area (Å²) in [5.41, 5.74) is 9.35. The monoisotopic (exact) mass is 261 g/mol. The Hall–Kier alpha value is -1.92. The number of carbonyl (C=O) groups excluding carboxylic acids is 1. The number of carbonyl (C=O) groups is 1. The number of anilines is 2. The van der Waals surface area contributed by atoms with Gasteiger partial charge in [0.1, 0.15) is 0 Å². The van der Waals surface area contributed by atoms with Gasteiger partial charge in [-0.1, -0.05) is 0 Å². The number of hydrogen-bond acceptors (Lipinski definition) is 3. The molecule has 1 aromatic carbocycles. The standard InChI is InChI=1S/C11H14F3N3O/c1-6(4-10(16)18)17-9-3-2-7(15)5-8(9)11(12,13)14/h2-3,5-6,17H,4,15H2,1H3,(H2,16,18). The van der Waals surface area contributed by atoms with E-state index in [4.69, 9.17) is 11.5 Å². The second-order valence-electron chi connectivity index (χ2n) is 4.02. The Morgan fingerprint density at radius 1 is 1.44 bits per heavy atom. The molecule has 5 N–H and O–H groups in total. The van der Waals surface area contributed by atoms with Crippen LogP contribution in [0, 0.1) is 0 Å². The van der Waals surface area contributed by atoms with Crippen LogP contribution in [0.5, 0.6) is 0 Å². The Labute approximate surface area is 102 Å². The fourth-order valence-electron chi connectivity index (χ4n) is 1.54. The molecule has 0 aliphatic carbocycles. The van der Waals surface area contributed by atoms with Crippen molar-refractivity contribution in [2.45, 2.75) is 25.6 Å². The van der Waals surface area contributed by atoms with Crippen LogP contribution in [0.4, 0.5) is 24.5 Å². The molecule has 1 rings (SSSR count). The molecule has 4 nitrogen and oxygen atoms in total. The van der Waals surface area contributed by atoms with Gasteiger partial charge in [0.25, 0.3) is 0 Å². The Balaban J connectivity index is 2.98. The van der Waals surface area contributed by atoms with E-state index in [2.05, 4.69) is 5.32 Å². The molecule has 1 amide bonds. The summed E-state index contributed by atoms with van der Waals surface area (Å²) in [6.07, 6.45) is -4.56. The van der Waals surface area contributed by atoms with Crippen LogP contribution in [0.2, 0.25) is 0 Å². The van der Waals surface area contributed by atoms with E-state index in [1.54, 1.807) is 6.92 Å². The molecule has 1 aromatic rings. The molecule has 0 fully saturated rings. The van der Waals surface area contributed by atoms with E-state index in [9.17, 15) is 18.0 Å². The van der Waals surface area contributed by atoms with Crippen molar-refractivity contribution < 1.29 is 18.0 Å². The Kier molecular flexibility index (Phi) is 4.05. The number of amides is 1. The lowest BCUT2D eigenvalue weighted by Crippen LogP contribution is -2.25. The maximum atomic E-state index is 12.8. The Morgan fingerprint density at radius 3 is 2.56 bits per heavy atom. The number of hydrogen-bond donors (Lipinski definition) is 3. The summed E-state index contributed by atoms with van der Waals surface area (Å²) in [6.45, 7) is 1.57. The number of rotatable bonds is 4. The normalized spacial score (nSPS) is 13.1. The predicted molar refractivity (Wildman–Crippen MR) is 62.8 cm³/mol. The minimum Gasteiger partial charge on any atom is -0.399 e. The van der Waals surface area contributed by atoms with E-state index in [1.165, 1.54) is 12.1 Å². The predicted octanol–water partition coefficient (Wildman–Crippen LogP) is 1.96. The maximum absolute atomic E-state index is 12.8. The summed E-state index contributed by atoms with van der Waals surface area (Å²) < 4.78 is 38.3. The molecule has 0 aliphatic heterocycles. The van der Waals surface area contributed by atoms with E-state index in [0.29, 0.717) is 0 Å². The smallest absolute Gasteiger partial charge is 0.399 e. The molecule has 0 saturated heterocycles. The molecule has 1 atom stereocenters. The summed E-state index contributed by atoms with van der Waals surface area (Å²) in [7, 11) is 0. The summed E-state index contributed by atoms with van der Waals surface area (Å²) in [4.78, 5) is 10.7. The summed E-state index contributed by atoms with van der Waals surface area (Å²) >= 11 is 0. The zero-order valence-electron chi connectivity index (χ0n) is 9.71. The number of halogens is 3. The molecular formula is C11H14F3N3O. The number of nitrogens with one attached hydrogen (secondary N) is 1. The molecule has 7 heteroatoms. The van der Waals surface area contributed by atoms with E-state index in [-0.39, 0.29) is 17.8 Å². The summed E-state index contributed by atoms with van der Waals surface area (Å²) in [5, 5.41) is 2.60. The van der Waals surface area contributed by atoms with Crippen molar-refractivity contribution in [3.8, 4) is 0 Å². The van der Waals surface area contributed by atoms with Gasteiger partial charge in [0.05, 0.1) is 5.56 Å². The van der Waals surface area contributed by atoms with Crippen LogP contribution in [0.3, 0.4) is 0 Å². The van der Waals surface area contributed by atoms with Crippen molar-refractivity contribution in [2.24, 2.45) is 5.73 Å². The van der Waals surface area contributed by atoms with Crippen molar-refractivity contribution in [1.82, 2.24) is 0 Å². The number of primary amides is 1. The Bertz CT molecular complexity index is 446. The van der Waals surface area contributed by atoms with Gasteiger partial charge in [-0.25, -0.2) is 0 Å². The minimum atomic E-state index is -4.51. The Morgan fingerprint density at radius 2 is 2.06 bits per heavy atom. The number of nitrogen functional groups attached to an aromatic ring is 1. The third-order valence-corrected chi connectivity index (χ3v) is 2.26. The molecule has 0 heterocycles. The third-order valence-electron chi connectivity index (χ3n) is 2.26. The highest BCUT2D eigenvalue weighted by Gasteiger charge is 2.34. The minimum absolute atomic E-state index is 0.0235. The van der Waals surface area contributed by atoms with Crippen LogP contribution in [0.15, 0.2) is 18.2 Å². The van der Waals surface area contributed by atoms with Crippen molar-refractivity contribution >= 4 is 17.3 Å². The first-order valence-corrected chi connectivity index (χ1v) is 5.21. The second-order valence-corrected chi connectivity index (χ2v) is 4.02. The van der Waals surface area contributed by atoms with Gasteiger partial charge in [-0.05, 0) is 25.1 Å². The lowest BCUT2D eigenvalue weighted by atomic mass is 10.1. The van der Waals surface area contributed by atoms with Crippen molar-refractivity contribution in [3.63, 3.8) is 0 Å². The first-order chi connectivity index (χ1) is 8.20. The van der Waals surface area contributed by atoms with Crippen molar-refractivity contribution in [2.75, 3.05) is 11.1 Å². The fourth-order valence-corrected chi connectivity index (χ4v) is 1.54. The van der Waals surface area contributed by atoms with Gasteiger partial charge in [-0.3, -0.25) is 4.79 Å². The summed E-state index contributed by atoms with van der Waals surface area (Å²) in [5.74, 6) is -0.584. The third kappa shape index (κ3) is 3.83. The molecule has 0 saturated carbocycles. The highest BCUT2D eigenvalue weighted by atomic mass is 19.4. The second kappa shape index (κ2) is 5.16. The number of nitrogens with two attached hydrogens (primary N) is 2. The van der Waals surface area contributed by atoms with Crippen LogP contribution in [0.25, 0.3) is 0 Å². The maximum Gasteiger partial charge on any atom is 0.418 e. The van der Waals surface area contributed by atoms with Crippen LogP contribution in [0.1, 0.15) is 18.9 Å². The molecule has 0 bridgehead atoms. The quantitative estimate of drug-likeness (QED) is 0.725. The van der Waals surface area contributed by atoms with E-state index < -0.39 is 23.7 Å². The number of benzene rings is 1. The average Bonchev–Trinajstić information content (AvgIpc) is 2.17. The number of alkyl halides is 3. The first kappa shape index (κ1) is 14.1. The van der Waals surface area contributed by atoms with Gasteiger partial charge in [-0.15, -0.1) is 0 Å². The topological polar surface area (TPSA) is 81.1 Å². The molecule has 0 spiro atoms. The highest BCUT2D eigenvalue weighted by molar-refractivity contribution is 5.75. The lowest BCUT2D eigenvalue weighted by molar-refractivity contribution is -0.136. The zero-order chi connectivity index (χ0) is 13.9. The average molecular weight is 261 g/mol. The molecule has 18 heavy (non-hydrogen) atoms. The van der Waals surface area contributed by atoms with Gasteiger partial charge in [-0.2, -0.15) is 13.2 Å². The van der Waals surface area contributed by atoms with Gasteiger partial charge in [0, 0.05) is 23.8 Å². The molecule has 0 radical (unpaired) electrons. The molecular weight excluding hydrogens is 247 g/mol. The lowest BCUT2D eigenvalue weighted by Gasteiger charge is -2.18.